The number of rotatable bonds is 6. The number of hydrogen-bond donors (Lipinski definition) is 0. The summed E-state index contributed by atoms with van der Waals surface area (Å²) in [6, 6.07) is 4.46. The van der Waals surface area contributed by atoms with Gasteiger partial charge in [0.25, 0.3) is 0 Å². The van der Waals surface area contributed by atoms with Crippen LogP contribution in [-0.2, 0) is 17.9 Å². The Morgan fingerprint density at radius 3 is 2.96 bits per heavy atom. The Hall–Kier alpha value is -1.73. The van der Waals surface area contributed by atoms with Gasteiger partial charge in [-0.3, -0.25) is 9.69 Å². The number of likely N-dealkylation sites (N-methyl/N-ethyl adjacent to an activating group) is 1. The van der Waals surface area contributed by atoms with E-state index < -0.39 is 0 Å². The van der Waals surface area contributed by atoms with Crippen LogP contribution in [0.1, 0.15) is 29.4 Å². The number of likely N-dealkylation sites (tertiary alicyclic amines) is 1. The number of amides is 1. The predicted molar refractivity (Wildman–Crippen MR) is 94.9 cm³/mol. The van der Waals surface area contributed by atoms with Gasteiger partial charge < -0.3 is 4.90 Å². The quantitative estimate of drug-likeness (QED) is 0.803. The molecule has 1 atom stereocenters. The van der Waals surface area contributed by atoms with Gasteiger partial charge in [-0.25, -0.2) is 9.67 Å². The van der Waals surface area contributed by atoms with Crippen molar-refractivity contribution >= 4 is 17.2 Å². The van der Waals surface area contributed by atoms with Gasteiger partial charge in [0.15, 0.2) is 0 Å². The van der Waals surface area contributed by atoms with Gasteiger partial charge in [-0.05, 0) is 44.7 Å². The second-order valence-corrected chi connectivity index (χ2v) is 7.52. The first kappa shape index (κ1) is 17.1. The molecule has 1 aliphatic rings. The number of hydrogen-bond acceptors (Lipinski definition) is 5. The molecule has 0 unspecified atom stereocenters. The van der Waals surface area contributed by atoms with Crippen molar-refractivity contribution in [1.82, 2.24) is 24.6 Å². The third-order valence-electron chi connectivity index (χ3n) is 4.58. The Balaban J connectivity index is 1.57. The molecule has 24 heavy (non-hydrogen) atoms. The maximum Gasteiger partial charge on any atom is 0.236 e. The van der Waals surface area contributed by atoms with Crippen molar-refractivity contribution in [2.24, 2.45) is 0 Å². The van der Waals surface area contributed by atoms with E-state index in [0.29, 0.717) is 19.1 Å². The average Bonchev–Trinajstić information content (AvgIpc) is 3.24. The molecule has 2 aromatic heterocycles. The minimum absolute atomic E-state index is 0.182. The molecule has 0 spiro atoms. The fourth-order valence-corrected chi connectivity index (χ4v) is 4.02. The van der Waals surface area contributed by atoms with E-state index in [1.807, 2.05) is 41.9 Å². The highest BCUT2D eigenvalue weighted by Crippen LogP contribution is 2.19. The summed E-state index contributed by atoms with van der Waals surface area (Å²) in [5, 5.41) is 6.51. The van der Waals surface area contributed by atoms with Crippen molar-refractivity contribution < 1.29 is 4.79 Å². The predicted octanol–water partition coefficient (Wildman–Crippen LogP) is 2.08. The fraction of sp³-hybridized carbons (Fsp3) is 0.588. The zero-order chi connectivity index (χ0) is 17.1. The minimum Gasteiger partial charge on any atom is -0.340 e. The Morgan fingerprint density at radius 2 is 2.29 bits per heavy atom. The van der Waals surface area contributed by atoms with Crippen LogP contribution in [0.5, 0.6) is 0 Å². The van der Waals surface area contributed by atoms with Crippen molar-refractivity contribution in [3.8, 4) is 0 Å². The molecule has 1 aliphatic heterocycles. The lowest BCUT2D eigenvalue weighted by atomic mass is 10.2. The lowest BCUT2D eigenvalue weighted by Gasteiger charge is -2.26. The van der Waals surface area contributed by atoms with E-state index in [1.54, 1.807) is 11.3 Å². The number of aromatic nitrogens is 3. The van der Waals surface area contributed by atoms with E-state index in [0.717, 1.165) is 37.6 Å². The van der Waals surface area contributed by atoms with Crippen LogP contribution in [0.4, 0.5) is 0 Å². The summed E-state index contributed by atoms with van der Waals surface area (Å²) in [6.07, 6.45) is 2.25. The summed E-state index contributed by atoms with van der Waals surface area (Å²) in [4.78, 5) is 22.3. The first-order valence-electron chi connectivity index (χ1n) is 8.41. The first-order valence-corrected chi connectivity index (χ1v) is 9.29. The molecule has 6 nitrogen and oxygen atoms in total. The smallest absolute Gasteiger partial charge is 0.236 e. The van der Waals surface area contributed by atoms with Crippen LogP contribution in [0, 0.1) is 13.8 Å². The highest BCUT2D eigenvalue weighted by atomic mass is 32.1. The van der Waals surface area contributed by atoms with E-state index in [-0.39, 0.29) is 5.91 Å². The van der Waals surface area contributed by atoms with E-state index in [2.05, 4.69) is 21.0 Å². The van der Waals surface area contributed by atoms with Crippen LogP contribution in [0.25, 0.3) is 0 Å². The minimum atomic E-state index is 0.182. The molecule has 1 saturated heterocycles. The topological polar surface area (TPSA) is 54.3 Å². The van der Waals surface area contributed by atoms with E-state index in [1.165, 1.54) is 4.88 Å². The zero-order valence-electron chi connectivity index (χ0n) is 14.6. The largest absolute Gasteiger partial charge is 0.340 e. The molecule has 0 aromatic carbocycles. The van der Waals surface area contributed by atoms with Crippen LogP contribution in [0.15, 0.2) is 17.5 Å². The Labute approximate surface area is 147 Å². The molecule has 3 rings (SSSR count). The van der Waals surface area contributed by atoms with Gasteiger partial charge >= 0.3 is 0 Å². The lowest BCUT2D eigenvalue weighted by molar-refractivity contribution is -0.131. The summed E-state index contributed by atoms with van der Waals surface area (Å²) in [6.45, 7) is 6.87. The molecule has 2 aromatic rings. The van der Waals surface area contributed by atoms with E-state index >= 15 is 0 Å². The molecular formula is C17H25N5OS. The van der Waals surface area contributed by atoms with Crippen molar-refractivity contribution in [2.45, 2.75) is 45.8 Å². The molecule has 1 amide bonds. The maximum absolute atomic E-state index is 12.5. The summed E-state index contributed by atoms with van der Waals surface area (Å²) in [5.74, 6) is 1.94. The Morgan fingerprint density at radius 1 is 1.46 bits per heavy atom. The number of nitrogens with zero attached hydrogens (tertiary/aromatic N) is 5. The number of aryl methyl sites for hydroxylation is 2. The molecule has 130 valence electrons. The fourth-order valence-electron chi connectivity index (χ4n) is 3.26. The van der Waals surface area contributed by atoms with Crippen molar-refractivity contribution in [2.75, 3.05) is 20.1 Å². The molecule has 7 heteroatoms. The van der Waals surface area contributed by atoms with Gasteiger partial charge in [-0.2, -0.15) is 5.10 Å². The molecule has 0 radical (unpaired) electrons. The molecule has 1 fully saturated rings. The maximum atomic E-state index is 12.5. The van der Waals surface area contributed by atoms with Crippen molar-refractivity contribution in [3.05, 3.63) is 34.0 Å². The van der Waals surface area contributed by atoms with Crippen LogP contribution in [-0.4, -0.2) is 56.7 Å². The summed E-state index contributed by atoms with van der Waals surface area (Å²) >= 11 is 1.69. The molecule has 0 N–H and O–H groups in total. The highest BCUT2D eigenvalue weighted by Gasteiger charge is 2.28. The molecule has 0 saturated carbocycles. The lowest BCUT2D eigenvalue weighted by Crippen LogP contribution is -2.42. The van der Waals surface area contributed by atoms with Gasteiger partial charge in [-0.15, -0.1) is 11.3 Å². The van der Waals surface area contributed by atoms with Crippen LogP contribution >= 0.6 is 11.3 Å². The highest BCUT2D eigenvalue weighted by molar-refractivity contribution is 7.09. The van der Waals surface area contributed by atoms with Gasteiger partial charge in [0.2, 0.25) is 5.91 Å². The van der Waals surface area contributed by atoms with Crippen molar-refractivity contribution in [1.29, 1.82) is 0 Å². The zero-order valence-corrected chi connectivity index (χ0v) is 15.4. The molecule has 3 heterocycles. The SMILES string of the molecule is Cc1nc(C)n(C[C@H]2CCCN2CC(=O)N(C)Cc2cccs2)n1. The Bertz CT molecular complexity index is 681. The summed E-state index contributed by atoms with van der Waals surface area (Å²) in [5.41, 5.74) is 0. The second kappa shape index (κ2) is 7.44. The van der Waals surface area contributed by atoms with E-state index in [9.17, 15) is 4.79 Å². The molecular weight excluding hydrogens is 322 g/mol. The number of carbonyl (C=O) groups is 1. The van der Waals surface area contributed by atoms with Gasteiger partial charge in [0.1, 0.15) is 11.6 Å². The Kier molecular flexibility index (Phi) is 5.30. The second-order valence-electron chi connectivity index (χ2n) is 6.48. The first-order chi connectivity index (χ1) is 11.5. The third kappa shape index (κ3) is 4.02. The van der Waals surface area contributed by atoms with Crippen molar-refractivity contribution in [3.63, 3.8) is 0 Å². The van der Waals surface area contributed by atoms with Crippen LogP contribution < -0.4 is 0 Å². The number of carbonyl (C=O) groups excluding carboxylic acids is 1. The summed E-state index contributed by atoms with van der Waals surface area (Å²) in [7, 11) is 1.89. The average molecular weight is 347 g/mol. The van der Waals surface area contributed by atoms with Gasteiger partial charge in [0.05, 0.1) is 19.6 Å². The normalized spacial score (nSPS) is 18.2. The van der Waals surface area contributed by atoms with E-state index in [4.69, 9.17) is 0 Å². The third-order valence-corrected chi connectivity index (χ3v) is 5.44. The number of thiophene rings is 1. The molecule has 0 aliphatic carbocycles. The van der Waals surface area contributed by atoms with Gasteiger partial charge in [-0.1, -0.05) is 6.07 Å². The van der Waals surface area contributed by atoms with Crippen LogP contribution in [0.2, 0.25) is 0 Å². The monoisotopic (exact) mass is 347 g/mol. The standard InChI is InChI=1S/C17H25N5OS/c1-13-18-14(2)22(19-13)10-15-6-4-8-21(15)12-17(23)20(3)11-16-7-5-9-24-16/h5,7,9,15H,4,6,8,10-12H2,1-3H3/t15-/m1/s1. The molecule has 0 bridgehead atoms. The van der Waals surface area contributed by atoms with Crippen LogP contribution in [0.3, 0.4) is 0 Å². The van der Waals surface area contributed by atoms with Gasteiger partial charge in [0, 0.05) is 18.0 Å². The summed E-state index contributed by atoms with van der Waals surface area (Å²) < 4.78 is 1.97.